The Kier molecular flexibility index (Phi) is 18.9. The van der Waals surface area contributed by atoms with Crippen LogP contribution in [0.5, 0.6) is 5.75 Å². The summed E-state index contributed by atoms with van der Waals surface area (Å²) in [4.78, 5) is 92.2. The first-order valence-electron chi connectivity index (χ1n) is 22.4. The molecule has 2 aliphatic rings. The lowest BCUT2D eigenvalue weighted by molar-refractivity contribution is -0.313. The second-order valence-electron chi connectivity index (χ2n) is 16.7. The molecule has 67 heavy (non-hydrogen) atoms. The molecule has 20 heteroatoms. The Hall–Kier alpha value is -6.25. The summed E-state index contributed by atoms with van der Waals surface area (Å²) in [7, 11) is 1.10. The summed E-state index contributed by atoms with van der Waals surface area (Å²) in [5.41, 5.74) is 2.99. The van der Waals surface area contributed by atoms with E-state index < -0.39 is 90.9 Å². The minimum absolute atomic E-state index is 0.146. The highest BCUT2D eigenvalue weighted by atomic mass is 16.7. The van der Waals surface area contributed by atoms with E-state index in [-0.39, 0.29) is 36.9 Å². The molecule has 1 saturated heterocycles. The molecule has 1 aliphatic heterocycles. The maximum atomic E-state index is 14.1. The van der Waals surface area contributed by atoms with Gasteiger partial charge < -0.3 is 49.1 Å². The Balaban J connectivity index is 1.50. The van der Waals surface area contributed by atoms with Crippen LogP contribution in [0.3, 0.4) is 0 Å². The van der Waals surface area contributed by atoms with E-state index in [2.05, 4.69) is 26.3 Å². The topological polar surface area (TPSA) is 251 Å². The Morgan fingerprint density at radius 1 is 0.881 bits per heavy atom. The van der Waals surface area contributed by atoms with Crippen LogP contribution in [0.1, 0.15) is 105 Å². The van der Waals surface area contributed by atoms with E-state index in [1.807, 2.05) is 30.3 Å². The molecule has 364 valence electrons. The highest BCUT2D eigenvalue weighted by molar-refractivity contribution is 5.95. The van der Waals surface area contributed by atoms with Crippen LogP contribution in [0, 0.1) is 13.8 Å². The van der Waals surface area contributed by atoms with Gasteiger partial charge in [-0.15, -0.1) is 5.10 Å². The zero-order valence-corrected chi connectivity index (χ0v) is 39.1. The van der Waals surface area contributed by atoms with Crippen molar-refractivity contribution in [2.45, 2.75) is 135 Å². The Morgan fingerprint density at radius 3 is 2.19 bits per heavy atom. The first kappa shape index (κ1) is 51.7. The third kappa shape index (κ3) is 14.9. The van der Waals surface area contributed by atoms with Crippen LogP contribution in [0.2, 0.25) is 0 Å². The van der Waals surface area contributed by atoms with Gasteiger partial charge in [0.25, 0.3) is 11.7 Å². The molecule has 2 fully saturated rings. The molecule has 2 aromatic carbocycles. The molecular formula is C47H62N6O14. The van der Waals surface area contributed by atoms with Crippen molar-refractivity contribution in [1.82, 2.24) is 30.9 Å². The number of benzene rings is 2. The van der Waals surface area contributed by atoms with E-state index in [0.717, 1.165) is 71.2 Å². The van der Waals surface area contributed by atoms with E-state index in [9.17, 15) is 33.6 Å². The molecule has 3 N–H and O–H groups in total. The number of hydrogen-bond donors (Lipinski definition) is 3. The number of aromatic nitrogens is 3. The number of carbonyl (C=O) groups excluding carboxylic acids is 7. The van der Waals surface area contributed by atoms with Crippen molar-refractivity contribution in [2.24, 2.45) is 0 Å². The fourth-order valence-electron chi connectivity index (χ4n) is 8.47. The molecule has 2 amide bonds. The molecule has 1 aliphatic carbocycles. The van der Waals surface area contributed by atoms with Gasteiger partial charge in [0.2, 0.25) is 5.91 Å². The van der Waals surface area contributed by atoms with E-state index in [0.29, 0.717) is 24.1 Å². The number of hydrogen-bond acceptors (Lipinski definition) is 17. The first-order chi connectivity index (χ1) is 32.0. The number of esters is 5. The van der Waals surface area contributed by atoms with Gasteiger partial charge >= 0.3 is 29.8 Å². The molecule has 0 radical (unpaired) electrons. The predicted molar refractivity (Wildman–Crippen MR) is 237 cm³/mol. The standard InChI is InChI=1S/C47H62N6O14/c1-28-22-36(23-29(2)42(28)65-32(5)56)45(59)49-25-39(64-31(4)55)43(66-33(6)57)44-41(50-40(58)27-53-26-37(51-52-53)35-16-12-9-13-17-35)38(63-30(3)54)24-47(67-44,46(60)61-7)62-21-20-48-19-18-34-14-10-8-11-15-34/h8,10-11,14-15,22-23,26,35,38-39,41,43-44,48H,9,12-13,16-21,24-25,27H2,1-7H3,(H,49,59)(H,50,58)/t38?,39-,41-,43-,44?,47-/m1/s1. The van der Waals surface area contributed by atoms with Gasteiger partial charge in [-0.3, -0.25) is 28.8 Å². The van der Waals surface area contributed by atoms with Gasteiger partial charge in [-0.2, -0.15) is 0 Å². The molecule has 5 rings (SSSR count). The van der Waals surface area contributed by atoms with Gasteiger partial charge in [0.05, 0.1) is 38.4 Å². The quantitative estimate of drug-likeness (QED) is 0.0601. The fraction of sp³-hybridized carbons (Fsp3) is 0.553. The Labute approximate surface area is 389 Å². The van der Waals surface area contributed by atoms with E-state index in [1.54, 1.807) is 20.0 Å². The van der Waals surface area contributed by atoms with E-state index in [4.69, 9.17) is 33.2 Å². The van der Waals surface area contributed by atoms with Crippen LogP contribution in [0.25, 0.3) is 0 Å². The van der Waals surface area contributed by atoms with E-state index >= 15 is 0 Å². The summed E-state index contributed by atoms with van der Waals surface area (Å²) in [6, 6.07) is 11.3. The molecule has 1 aromatic heterocycles. The molecule has 3 aromatic rings. The molecule has 1 saturated carbocycles. The monoisotopic (exact) mass is 934 g/mol. The van der Waals surface area contributed by atoms with Crippen molar-refractivity contribution >= 4 is 41.7 Å². The predicted octanol–water partition coefficient (Wildman–Crippen LogP) is 3.08. The van der Waals surface area contributed by atoms with Gasteiger partial charge in [-0.25, -0.2) is 9.48 Å². The molecular weight excluding hydrogens is 873 g/mol. The Bertz CT molecular complexity index is 2190. The van der Waals surface area contributed by atoms with Crippen LogP contribution < -0.4 is 20.7 Å². The number of amides is 2. The van der Waals surface area contributed by atoms with Crippen LogP contribution in [0.15, 0.2) is 48.7 Å². The molecule has 2 unspecified atom stereocenters. The summed E-state index contributed by atoms with van der Waals surface area (Å²) >= 11 is 0. The molecule has 2 heterocycles. The lowest BCUT2D eigenvalue weighted by Crippen LogP contribution is -2.70. The number of carbonyl (C=O) groups is 7. The average Bonchev–Trinajstić information content (AvgIpc) is 3.75. The highest BCUT2D eigenvalue weighted by Gasteiger charge is 2.59. The van der Waals surface area contributed by atoms with Gasteiger partial charge in [0.15, 0.2) is 12.2 Å². The third-order valence-electron chi connectivity index (χ3n) is 11.4. The third-order valence-corrected chi connectivity index (χ3v) is 11.4. The van der Waals surface area contributed by atoms with Gasteiger partial charge in [-0.1, -0.05) is 54.8 Å². The lowest BCUT2D eigenvalue weighted by atomic mass is 9.87. The van der Waals surface area contributed by atoms with E-state index in [1.165, 1.54) is 23.7 Å². The zero-order valence-electron chi connectivity index (χ0n) is 39.1. The number of nitrogens with one attached hydrogen (secondary N) is 3. The lowest BCUT2D eigenvalue weighted by Gasteiger charge is -2.48. The summed E-state index contributed by atoms with van der Waals surface area (Å²) in [5.74, 6) is -7.35. The van der Waals surface area contributed by atoms with Gasteiger partial charge in [-0.05, 0) is 68.5 Å². The Morgan fingerprint density at radius 2 is 1.57 bits per heavy atom. The summed E-state index contributed by atoms with van der Waals surface area (Å²) < 4.78 is 42.1. The molecule has 6 atom stereocenters. The molecule has 0 bridgehead atoms. The van der Waals surface area contributed by atoms with Crippen LogP contribution in [-0.4, -0.2) is 126 Å². The van der Waals surface area contributed by atoms with Crippen molar-refractivity contribution in [3.63, 3.8) is 0 Å². The number of ether oxygens (including phenoxy) is 7. The van der Waals surface area contributed by atoms with Crippen molar-refractivity contribution in [2.75, 3.05) is 33.4 Å². The zero-order chi connectivity index (χ0) is 48.7. The fourth-order valence-corrected chi connectivity index (χ4v) is 8.47. The highest BCUT2D eigenvalue weighted by Crippen LogP contribution is 2.37. The van der Waals surface area contributed by atoms with Crippen LogP contribution in [-0.2, 0) is 70.2 Å². The first-order valence-corrected chi connectivity index (χ1v) is 22.4. The van der Waals surface area contributed by atoms with Crippen LogP contribution >= 0.6 is 0 Å². The maximum Gasteiger partial charge on any atom is 0.366 e. The SMILES string of the molecule is COC(=O)[C@@]1(OCCNCCc2ccccc2)CC(OC(C)=O)[C@@H](NC(=O)Cn2cc(C3CCCCC3)nn2)C([C@H](OC(C)=O)[C@@H](CNC(=O)c2cc(C)c(OC(C)=O)c(C)c2)OC(C)=O)O1. The van der Waals surface area contributed by atoms with Crippen molar-refractivity contribution in [3.8, 4) is 5.75 Å². The van der Waals surface area contributed by atoms with Crippen molar-refractivity contribution in [3.05, 3.63) is 76.6 Å². The summed E-state index contributed by atoms with van der Waals surface area (Å²) in [6.07, 6.45) is 0.612. The minimum atomic E-state index is -2.36. The summed E-state index contributed by atoms with van der Waals surface area (Å²) in [5, 5.41) is 17.3. The maximum absolute atomic E-state index is 14.1. The molecule has 20 nitrogen and oxygen atoms in total. The van der Waals surface area contributed by atoms with Gasteiger partial charge in [0, 0.05) is 51.9 Å². The average molecular weight is 935 g/mol. The van der Waals surface area contributed by atoms with Gasteiger partial charge in [0.1, 0.15) is 24.5 Å². The minimum Gasteiger partial charge on any atom is -0.465 e. The second-order valence-corrected chi connectivity index (χ2v) is 16.7. The normalized spacial score (nSPS) is 20.4. The number of rotatable bonds is 21. The summed E-state index contributed by atoms with van der Waals surface area (Å²) in [6.45, 7) is 7.63. The number of aryl methyl sites for hydroxylation is 2. The number of methoxy groups -OCH3 is 1. The largest absolute Gasteiger partial charge is 0.465 e. The number of nitrogens with zero attached hydrogens (tertiary/aromatic N) is 3. The van der Waals surface area contributed by atoms with Crippen molar-refractivity contribution in [1.29, 1.82) is 0 Å². The molecule has 0 spiro atoms. The van der Waals surface area contributed by atoms with Crippen molar-refractivity contribution < 1.29 is 66.7 Å². The second kappa shape index (κ2) is 24.5. The van der Waals surface area contributed by atoms with Crippen LogP contribution in [0.4, 0.5) is 0 Å². The smallest absolute Gasteiger partial charge is 0.366 e.